The van der Waals surface area contributed by atoms with E-state index in [9.17, 15) is 15.0 Å². The molecule has 0 heterocycles. The summed E-state index contributed by atoms with van der Waals surface area (Å²) in [5.74, 6) is -0.504. The minimum atomic E-state index is -0.800. The molecule has 3 N–H and O–H groups in total. The lowest BCUT2D eigenvalue weighted by Gasteiger charge is -2.36. The van der Waals surface area contributed by atoms with Crippen LogP contribution in [0.2, 0.25) is 0 Å². The summed E-state index contributed by atoms with van der Waals surface area (Å²) in [5.41, 5.74) is -0.726. The lowest BCUT2D eigenvalue weighted by Crippen LogP contribution is -2.34. The van der Waals surface area contributed by atoms with Gasteiger partial charge in [0.25, 0.3) is 0 Å². The topological polar surface area (TPSA) is 77.8 Å². The van der Waals surface area contributed by atoms with Crippen LogP contribution in [0.15, 0.2) is 12.2 Å². The highest BCUT2D eigenvalue weighted by Gasteiger charge is 2.32. The zero-order valence-electron chi connectivity index (χ0n) is 13.8. The number of aliphatic carboxylic acids is 1. The van der Waals surface area contributed by atoms with E-state index in [0.29, 0.717) is 25.2 Å². The first-order chi connectivity index (χ1) is 10.4. The van der Waals surface area contributed by atoms with Crippen LogP contribution in [0.5, 0.6) is 0 Å². The van der Waals surface area contributed by atoms with Gasteiger partial charge in [0.1, 0.15) is 0 Å². The van der Waals surface area contributed by atoms with Crippen LogP contribution in [-0.2, 0) is 4.79 Å². The van der Waals surface area contributed by atoms with Gasteiger partial charge in [0.2, 0.25) is 0 Å². The van der Waals surface area contributed by atoms with E-state index in [2.05, 4.69) is 13.0 Å². The molecule has 0 aliphatic heterocycles. The first kappa shape index (κ1) is 19.2. The molecule has 4 heteroatoms. The van der Waals surface area contributed by atoms with E-state index in [1.165, 1.54) is 0 Å². The smallest absolute Gasteiger partial charge is 0.303 e. The van der Waals surface area contributed by atoms with Crippen molar-refractivity contribution < 1.29 is 20.1 Å². The molecule has 1 aliphatic rings. The highest BCUT2D eigenvalue weighted by molar-refractivity contribution is 5.66. The van der Waals surface area contributed by atoms with Crippen molar-refractivity contribution in [2.75, 3.05) is 0 Å². The third kappa shape index (κ3) is 7.95. The Bertz CT molecular complexity index is 353. The fourth-order valence-corrected chi connectivity index (χ4v) is 3.33. The van der Waals surface area contributed by atoms with Crippen molar-refractivity contribution in [3.05, 3.63) is 12.2 Å². The van der Waals surface area contributed by atoms with Gasteiger partial charge in [-0.2, -0.15) is 0 Å². The number of allylic oxidation sites excluding steroid dienone is 1. The maximum Gasteiger partial charge on any atom is 0.303 e. The van der Waals surface area contributed by atoms with Crippen molar-refractivity contribution in [2.45, 2.75) is 89.3 Å². The standard InChI is InChI=1S/C18H32O4/c1-2-3-4-8-16(19)11-10-15-7-5-12-18(22,14-15)13-6-9-17(20)21/h10-11,15-16,19,22H,2-9,12-14H2,1H3,(H,20,21)/t15-,16?,18-/m1/s1. The molecule has 128 valence electrons. The van der Waals surface area contributed by atoms with Crippen molar-refractivity contribution in [1.29, 1.82) is 0 Å². The monoisotopic (exact) mass is 312 g/mol. The van der Waals surface area contributed by atoms with Crippen molar-refractivity contribution in [3.63, 3.8) is 0 Å². The maximum atomic E-state index is 10.6. The Morgan fingerprint density at radius 2 is 2.14 bits per heavy atom. The van der Waals surface area contributed by atoms with Gasteiger partial charge in [0.05, 0.1) is 11.7 Å². The number of hydrogen-bond acceptors (Lipinski definition) is 3. The molecule has 0 bridgehead atoms. The third-order valence-corrected chi connectivity index (χ3v) is 4.60. The molecule has 0 aromatic heterocycles. The number of hydrogen-bond donors (Lipinski definition) is 3. The molecular formula is C18H32O4. The van der Waals surface area contributed by atoms with Gasteiger partial charge >= 0.3 is 5.97 Å². The van der Waals surface area contributed by atoms with Crippen LogP contribution in [0.25, 0.3) is 0 Å². The molecule has 1 saturated carbocycles. The van der Waals surface area contributed by atoms with Crippen LogP contribution in [0.1, 0.15) is 77.6 Å². The normalized spacial score (nSPS) is 27.1. The van der Waals surface area contributed by atoms with Gasteiger partial charge in [0.15, 0.2) is 0 Å². The SMILES string of the molecule is CCCCCC(O)C=C[C@H]1CCC[C@@](O)(CCCC(=O)O)C1. The molecule has 4 nitrogen and oxygen atoms in total. The van der Waals surface area contributed by atoms with E-state index >= 15 is 0 Å². The summed E-state index contributed by atoms with van der Waals surface area (Å²) in [5, 5.41) is 29.2. The molecule has 0 amide bonds. The Morgan fingerprint density at radius 1 is 1.36 bits per heavy atom. The fraction of sp³-hybridized carbons (Fsp3) is 0.833. The zero-order valence-corrected chi connectivity index (χ0v) is 13.8. The molecule has 0 saturated heterocycles. The fourth-order valence-electron chi connectivity index (χ4n) is 3.33. The van der Waals surface area contributed by atoms with Gasteiger partial charge in [0, 0.05) is 6.42 Å². The molecule has 1 rings (SSSR count). The first-order valence-corrected chi connectivity index (χ1v) is 8.76. The largest absolute Gasteiger partial charge is 0.481 e. The van der Waals surface area contributed by atoms with Gasteiger partial charge in [-0.1, -0.05) is 44.8 Å². The van der Waals surface area contributed by atoms with Crippen LogP contribution < -0.4 is 0 Å². The Hall–Kier alpha value is -0.870. The predicted molar refractivity (Wildman–Crippen MR) is 87.7 cm³/mol. The summed E-state index contributed by atoms with van der Waals surface area (Å²) in [6, 6.07) is 0. The molecule has 0 aromatic rings. The van der Waals surface area contributed by atoms with E-state index in [4.69, 9.17) is 5.11 Å². The van der Waals surface area contributed by atoms with Gasteiger partial charge in [-0.15, -0.1) is 0 Å². The lowest BCUT2D eigenvalue weighted by molar-refractivity contribution is -0.137. The lowest BCUT2D eigenvalue weighted by atomic mass is 9.75. The van der Waals surface area contributed by atoms with Gasteiger partial charge in [-0.05, 0) is 44.4 Å². The number of aliphatic hydroxyl groups is 2. The zero-order chi connectivity index (χ0) is 16.4. The first-order valence-electron chi connectivity index (χ1n) is 8.76. The number of carboxylic acid groups (broad SMARTS) is 1. The van der Waals surface area contributed by atoms with Crippen molar-refractivity contribution in [1.82, 2.24) is 0 Å². The Kier molecular flexibility index (Phi) is 8.72. The van der Waals surface area contributed by atoms with Crippen LogP contribution in [0.3, 0.4) is 0 Å². The molecule has 3 atom stereocenters. The summed E-state index contributed by atoms with van der Waals surface area (Å²) in [7, 11) is 0. The molecule has 1 fully saturated rings. The maximum absolute atomic E-state index is 10.6. The number of unbranched alkanes of at least 4 members (excludes halogenated alkanes) is 2. The molecule has 0 radical (unpaired) electrons. The second kappa shape index (κ2) is 10.0. The third-order valence-electron chi connectivity index (χ3n) is 4.60. The minimum Gasteiger partial charge on any atom is -0.481 e. The summed E-state index contributed by atoms with van der Waals surface area (Å²) < 4.78 is 0. The molecule has 1 aliphatic carbocycles. The molecule has 0 aromatic carbocycles. The average Bonchev–Trinajstić information content (AvgIpc) is 2.45. The minimum absolute atomic E-state index is 0.124. The van der Waals surface area contributed by atoms with E-state index < -0.39 is 11.6 Å². The molecule has 22 heavy (non-hydrogen) atoms. The number of carbonyl (C=O) groups is 1. The number of aliphatic hydroxyl groups excluding tert-OH is 1. The Labute approximate surface area is 134 Å². The summed E-state index contributed by atoms with van der Waals surface area (Å²) in [6.07, 6.45) is 12.4. The molecule has 1 unspecified atom stereocenters. The number of carboxylic acids is 1. The Balaban J connectivity index is 2.36. The van der Waals surface area contributed by atoms with Crippen molar-refractivity contribution >= 4 is 5.97 Å². The van der Waals surface area contributed by atoms with E-state index in [1.54, 1.807) is 0 Å². The summed E-state index contributed by atoms with van der Waals surface area (Å²) in [4.78, 5) is 10.6. The van der Waals surface area contributed by atoms with Gasteiger partial charge in [-0.3, -0.25) is 4.79 Å². The molecular weight excluding hydrogens is 280 g/mol. The van der Waals surface area contributed by atoms with Crippen molar-refractivity contribution in [2.24, 2.45) is 5.92 Å². The van der Waals surface area contributed by atoms with Gasteiger partial charge < -0.3 is 15.3 Å². The predicted octanol–water partition coefficient (Wildman–Crippen LogP) is 3.66. The number of rotatable bonds is 10. The highest BCUT2D eigenvalue weighted by Crippen LogP contribution is 2.36. The molecule has 0 spiro atoms. The van der Waals surface area contributed by atoms with Crippen LogP contribution >= 0.6 is 0 Å². The Morgan fingerprint density at radius 3 is 2.82 bits per heavy atom. The van der Waals surface area contributed by atoms with E-state index in [1.807, 2.05) is 6.08 Å². The second-order valence-corrected chi connectivity index (χ2v) is 6.78. The average molecular weight is 312 g/mol. The summed E-state index contributed by atoms with van der Waals surface area (Å²) >= 11 is 0. The van der Waals surface area contributed by atoms with Gasteiger partial charge in [-0.25, -0.2) is 0 Å². The van der Waals surface area contributed by atoms with Crippen LogP contribution in [-0.4, -0.2) is 33.0 Å². The second-order valence-electron chi connectivity index (χ2n) is 6.78. The highest BCUT2D eigenvalue weighted by atomic mass is 16.4. The van der Waals surface area contributed by atoms with Crippen LogP contribution in [0, 0.1) is 5.92 Å². The van der Waals surface area contributed by atoms with Crippen LogP contribution in [0.4, 0.5) is 0 Å². The summed E-state index contributed by atoms with van der Waals surface area (Å²) in [6.45, 7) is 2.15. The van der Waals surface area contributed by atoms with E-state index in [0.717, 1.165) is 44.9 Å². The van der Waals surface area contributed by atoms with Crippen molar-refractivity contribution in [3.8, 4) is 0 Å². The quantitative estimate of drug-likeness (QED) is 0.425. The van der Waals surface area contributed by atoms with E-state index in [-0.39, 0.29) is 12.5 Å².